The Morgan fingerprint density at radius 1 is 0.947 bits per heavy atom. The van der Waals surface area contributed by atoms with E-state index in [0.29, 0.717) is 40.6 Å². The number of carbonyl (C=O) groups excluding carboxylic acids is 3. The molecule has 3 N–H and O–H groups in total. The Kier molecular flexibility index (Phi) is 7.81. The lowest BCUT2D eigenvalue weighted by molar-refractivity contribution is -0.137. The van der Waals surface area contributed by atoms with Crippen molar-refractivity contribution in [2.45, 2.75) is 25.8 Å². The zero-order chi connectivity index (χ0) is 27.1. The summed E-state index contributed by atoms with van der Waals surface area (Å²) in [5.41, 5.74) is 2.20. The minimum Gasteiger partial charge on any atom is -0.496 e. The van der Waals surface area contributed by atoms with E-state index in [1.165, 1.54) is 13.5 Å². The standard InChI is InChI=1S/C28H27N5O5/c1-28(2,15-18-7-9-19(10-8-18)31-25(34)22-6-4-5-13-30-22)33-27(36)26(35)32-20-11-12-21(23(14-20)37-3)24-16-29-17-38-24/h4-14,16-17H,15H2,1-3H3,(H,31,34)(H,32,35)(H,33,36). The number of hydrogen-bond donors (Lipinski definition) is 3. The van der Waals surface area contributed by atoms with Gasteiger partial charge in [-0.05, 0) is 62.2 Å². The molecular formula is C28H27N5O5. The predicted octanol–water partition coefficient (Wildman–Crippen LogP) is 4.07. The van der Waals surface area contributed by atoms with E-state index in [4.69, 9.17) is 9.15 Å². The highest BCUT2D eigenvalue weighted by Gasteiger charge is 2.25. The molecule has 0 bridgehead atoms. The number of amides is 3. The van der Waals surface area contributed by atoms with Gasteiger partial charge in [0, 0.05) is 29.2 Å². The molecule has 2 heterocycles. The molecule has 2 aromatic carbocycles. The van der Waals surface area contributed by atoms with Crippen molar-refractivity contribution >= 4 is 29.1 Å². The van der Waals surface area contributed by atoms with E-state index in [1.54, 1.807) is 60.9 Å². The highest BCUT2D eigenvalue weighted by molar-refractivity contribution is 6.39. The third-order valence-electron chi connectivity index (χ3n) is 5.57. The van der Waals surface area contributed by atoms with Crippen molar-refractivity contribution < 1.29 is 23.5 Å². The van der Waals surface area contributed by atoms with Crippen LogP contribution in [-0.4, -0.2) is 40.3 Å². The molecule has 3 amide bonds. The number of nitrogens with zero attached hydrogens (tertiary/aromatic N) is 2. The molecule has 0 radical (unpaired) electrons. The monoisotopic (exact) mass is 513 g/mol. The van der Waals surface area contributed by atoms with Crippen molar-refractivity contribution in [3.8, 4) is 17.1 Å². The van der Waals surface area contributed by atoms with Crippen LogP contribution in [0.15, 0.2) is 83.9 Å². The molecular weight excluding hydrogens is 486 g/mol. The maximum Gasteiger partial charge on any atom is 0.313 e. The molecule has 0 aliphatic carbocycles. The molecule has 2 aromatic heterocycles. The first-order valence-corrected chi connectivity index (χ1v) is 11.8. The number of aromatic nitrogens is 2. The third kappa shape index (κ3) is 6.61. The molecule has 10 heteroatoms. The normalized spacial score (nSPS) is 10.9. The molecule has 0 saturated heterocycles. The van der Waals surface area contributed by atoms with Crippen LogP contribution in [-0.2, 0) is 16.0 Å². The molecule has 4 rings (SSSR count). The maximum absolute atomic E-state index is 12.6. The van der Waals surface area contributed by atoms with Gasteiger partial charge < -0.3 is 25.1 Å². The van der Waals surface area contributed by atoms with Gasteiger partial charge in [-0.1, -0.05) is 18.2 Å². The Hall–Kier alpha value is -4.99. The zero-order valence-corrected chi connectivity index (χ0v) is 21.1. The zero-order valence-electron chi connectivity index (χ0n) is 21.1. The van der Waals surface area contributed by atoms with Crippen molar-refractivity contribution in [2.24, 2.45) is 0 Å². The Morgan fingerprint density at radius 3 is 2.37 bits per heavy atom. The molecule has 0 aliphatic heterocycles. The van der Waals surface area contributed by atoms with E-state index in [-0.39, 0.29) is 5.91 Å². The van der Waals surface area contributed by atoms with Gasteiger partial charge in [-0.2, -0.15) is 0 Å². The average Bonchev–Trinajstić information content (AvgIpc) is 3.44. The number of nitrogens with one attached hydrogen (secondary N) is 3. The summed E-state index contributed by atoms with van der Waals surface area (Å²) < 4.78 is 10.7. The number of methoxy groups -OCH3 is 1. The first kappa shape index (κ1) is 26.1. The first-order chi connectivity index (χ1) is 18.2. The Morgan fingerprint density at radius 2 is 1.71 bits per heavy atom. The number of rotatable bonds is 8. The lowest BCUT2D eigenvalue weighted by atomic mass is 9.94. The van der Waals surface area contributed by atoms with Gasteiger partial charge in [-0.3, -0.25) is 19.4 Å². The lowest BCUT2D eigenvalue weighted by Gasteiger charge is -2.26. The highest BCUT2D eigenvalue weighted by Crippen LogP contribution is 2.32. The molecule has 4 aromatic rings. The molecule has 10 nitrogen and oxygen atoms in total. The Balaban J connectivity index is 1.33. The van der Waals surface area contributed by atoms with E-state index in [9.17, 15) is 14.4 Å². The van der Waals surface area contributed by atoms with Crippen LogP contribution in [0.4, 0.5) is 11.4 Å². The fourth-order valence-corrected chi connectivity index (χ4v) is 3.83. The topological polar surface area (TPSA) is 135 Å². The summed E-state index contributed by atoms with van der Waals surface area (Å²) in [6, 6.07) is 17.3. The summed E-state index contributed by atoms with van der Waals surface area (Å²) in [6.45, 7) is 3.65. The number of ether oxygens (including phenoxy) is 1. The van der Waals surface area contributed by atoms with E-state index >= 15 is 0 Å². The molecule has 0 fully saturated rings. The number of hydrogen-bond acceptors (Lipinski definition) is 7. The van der Waals surface area contributed by atoms with Crippen LogP contribution >= 0.6 is 0 Å². The second kappa shape index (κ2) is 11.4. The van der Waals surface area contributed by atoms with Gasteiger partial charge in [0.2, 0.25) is 0 Å². The summed E-state index contributed by atoms with van der Waals surface area (Å²) in [5, 5.41) is 8.16. The van der Waals surface area contributed by atoms with Crippen LogP contribution < -0.4 is 20.7 Å². The summed E-state index contributed by atoms with van der Waals surface area (Å²) in [6.07, 6.45) is 4.88. The lowest BCUT2D eigenvalue weighted by Crippen LogP contribution is -2.49. The maximum atomic E-state index is 12.6. The smallest absolute Gasteiger partial charge is 0.313 e. The van der Waals surface area contributed by atoms with Crippen molar-refractivity contribution in [3.05, 3.63) is 90.7 Å². The van der Waals surface area contributed by atoms with Crippen molar-refractivity contribution in [1.29, 1.82) is 0 Å². The molecule has 0 saturated carbocycles. The second-order valence-corrected chi connectivity index (χ2v) is 9.12. The summed E-state index contributed by atoms with van der Waals surface area (Å²) in [5.74, 6) is -0.905. The van der Waals surface area contributed by atoms with Crippen molar-refractivity contribution in [3.63, 3.8) is 0 Å². The van der Waals surface area contributed by atoms with Crippen LogP contribution in [0.1, 0.15) is 29.9 Å². The molecule has 0 aliphatic rings. The van der Waals surface area contributed by atoms with Gasteiger partial charge >= 0.3 is 11.8 Å². The summed E-state index contributed by atoms with van der Waals surface area (Å²) >= 11 is 0. The average molecular weight is 514 g/mol. The fourth-order valence-electron chi connectivity index (χ4n) is 3.83. The van der Waals surface area contributed by atoms with E-state index < -0.39 is 17.4 Å². The van der Waals surface area contributed by atoms with Crippen LogP contribution in [0.3, 0.4) is 0 Å². The second-order valence-electron chi connectivity index (χ2n) is 9.12. The minimum atomic E-state index is -0.805. The first-order valence-electron chi connectivity index (χ1n) is 11.8. The largest absolute Gasteiger partial charge is 0.496 e. The van der Waals surface area contributed by atoms with Crippen molar-refractivity contribution in [2.75, 3.05) is 17.7 Å². The third-order valence-corrected chi connectivity index (χ3v) is 5.57. The Labute approximate surface area is 219 Å². The van der Waals surface area contributed by atoms with Crippen LogP contribution in [0.5, 0.6) is 5.75 Å². The molecule has 194 valence electrons. The predicted molar refractivity (Wildman–Crippen MR) is 142 cm³/mol. The number of carbonyl (C=O) groups is 3. The molecule has 0 unspecified atom stereocenters. The van der Waals surface area contributed by atoms with Crippen LogP contribution in [0.25, 0.3) is 11.3 Å². The van der Waals surface area contributed by atoms with E-state index in [1.807, 2.05) is 26.0 Å². The van der Waals surface area contributed by atoms with Gasteiger partial charge in [-0.25, -0.2) is 4.98 Å². The quantitative estimate of drug-likeness (QED) is 0.302. The fraction of sp³-hybridized carbons (Fsp3) is 0.179. The molecule has 0 atom stereocenters. The van der Waals surface area contributed by atoms with E-state index in [0.717, 1.165) is 5.56 Å². The number of pyridine rings is 1. The SMILES string of the molecule is COc1cc(NC(=O)C(=O)NC(C)(C)Cc2ccc(NC(=O)c3ccccn3)cc2)ccc1-c1cnco1. The van der Waals surface area contributed by atoms with Gasteiger partial charge in [-0.15, -0.1) is 0 Å². The molecule has 38 heavy (non-hydrogen) atoms. The van der Waals surface area contributed by atoms with Gasteiger partial charge in [0.05, 0.1) is 18.9 Å². The number of anilines is 2. The van der Waals surface area contributed by atoms with Crippen LogP contribution in [0, 0.1) is 0 Å². The number of oxazole rings is 1. The van der Waals surface area contributed by atoms with Gasteiger partial charge in [0.1, 0.15) is 11.4 Å². The summed E-state index contributed by atoms with van der Waals surface area (Å²) in [4.78, 5) is 45.4. The minimum absolute atomic E-state index is 0.304. The van der Waals surface area contributed by atoms with Gasteiger partial charge in [0.25, 0.3) is 5.91 Å². The van der Waals surface area contributed by atoms with Gasteiger partial charge in [0.15, 0.2) is 12.2 Å². The number of benzene rings is 2. The van der Waals surface area contributed by atoms with E-state index in [2.05, 4.69) is 25.9 Å². The molecule has 0 spiro atoms. The Bertz CT molecular complexity index is 1420. The highest BCUT2D eigenvalue weighted by atomic mass is 16.5. The summed E-state index contributed by atoms with van der Waals surface area (Å²) in [7, 11) is 1.50. The van der Waals surface area contributed by atoms with Crippen molar-refractivity contribution in [1.82, 2.24) is 15.3 Å². The van der Waals surface area contributed by atoms with Crippen LogP contribution in [0.2, 0.25) is 0 Å².